The molecule has 2 fully saturated rings. The number of carbonyl (C=O) groups excluding carboxylic acids is 1. The number of carboxylic acid groups (broad SMARTS) is 1. The van der Waals surface area contributed by atoms with Gasteiger partial charge in [-0.15, -0.1) is 11.8 Å². The van der Waals surface area contributed by atoms with Gasteiger partial charge in [0.2, 0.25) is 0 Å². The lowest BCUT2D eigenvalue weighted by Crippen LogP contribution is -2.61. The zero-order valence-corrected chi connectivity index (χ0v) is 15.5. The predicted octanol–water partition coefficient (Wildman–Crippen LogP) is 2.54. The van der Waals surface area contributed by atoms with E-state index in [0.29, 0.717) is 18.7 Å². The fraction of sp³-hybridized carbons (Fsp3) is 0.300. The smallest absolute Gasteiger partial charge is 0.407 e. The van der Waals surface area contributed by atoms with Crippen LogP contribution in [0, 0.1) is 5.92 Å². The number of thioether (sulfide) groups is 1. The maximum Gasteiger partial charge on any atom is 0.407 e. The third kappa shape index (κ3) is 3.40. The van der Waals surface area contributed by atoms with Gasteiger partial charge in [0.1, 0.15) is 5.50 Å². The molecule has 2 heterocycles. The summed E-state index contributed by atoms with van der Waals surface area (Å²) in [6, 6.07) is 19.0. The molecule has 140 valence electrons. The number of hydrogen-bond acceptors (Lipinski definition) is 4. The molecule has 2 amide bonds. The minimum absolute atomic E-state index is 0.143. The van der Waals surface area contributed by atoms with Crippen LogP contribution in [0.15, 0.2) is 60.7 Å². The summed E-state index contributed by atoms with van der Waals surface area (Å²) in [4.78, 5) is 25.6. The molecule has 0 spiro atoms. The summed E-state index contributed by atoms with van der Waals surface area (Å²) in [5.41, 5.74) is 0.870. The Morgan fingerprint density at radius 1 is 1.11 bits per heavy atom. The van der Waals surface area contributed by atoms with Crippen molar-refractivity contribution in [2.75, 3.05) is 18.8 Å². The highest BCUT2D eigenvalue weighted by Crippen LogP contribution is 2.43. The summed E-state index contributed by atoms with van der Waals surface area (Å²) in [6.07, 6.45) is -0.906. The molecule has 0 aliphatic carbocycles. The number of amides is 2. The van der Waals surface area contributed by atoms with Crippen LogP contribution < -0.4 is 10.6 Å². The molecule has 0 aromatic heterocycles. The van der Waals surface area contributed by atoms with Gasteiger partial charge in [-0.05, 0) is 17.7 Å². The highest BCUT2D eigenvalue weighted by atomic mass is 32.2. The molecule has 3 atom stereocenters. The molecule has 27 heavy (non-hydrogen) atoms. The molecule has 1 unspecified atom stereocenters. The quantitative estimate of drug-likeness (QED) is 0.759. The van der Waals surface area contributed by atoms with E-state index in [1.807, 2.05) is 48.5 Å². The van der Waals surface area contributed by atoms with Crippen molar-refractivity contribution in [2.24, 2.45) is 5.92 Å². The van der Waals surface area contributed by atoms with Gasteiger partial charge in [-0.2, -0.15) is 0 Å². The Labute approximate surface area is 161 Å². The van der Waals surface area contributed by atoms with Crippen LogP contribution in [0.4, 0.5) is 4.79 Å². The van der Waals surface area contributed by atoms with E-state index in [1.165, 1.54) is 4.90 Å². The molecule has 2 saturated heterocycles. The van der Waals surface area contributed by atoms with Crippen molar-refractivity contribution in [1.82, 2.24) is 15.5 Å². The fourth-order valence-electron chi connectivity index (χ4n) is 3.92. The normalized spacial score (nSPS) is 27.0. The first kappa shape index (κ1) is 17.9. The largest absolute Gasteiger partial charge is 0.465 e. The molecular formula is C20H21N3O3S. The first-order chi connectivity index (χ1) is 13.1. The summed E-state index contributed by atoms with van der Waals surface area (Å²) >= 11 is 1.61. The molecule has 0 saturated carbocycles. The maximum atomic E-state index is 12.5. The van der Waals surface area contributed by atoms with E-state index in [4.69, 9.17) is 0 Å². The van der Waals surface area contributed by atoms with E-state index < -0.39 is 11.6 Å². The number of fused-ring (bicyclic) bond motifs is 1. The SMILES string of the molecule is O=C(NC1N[C@@]2(c3ccccc3)CN(C(=O)O)C[C@H]2CS1)c1ccccc1. The average Bonchev–Trinajstić information content (AvgIpc) is 3.10. The highest BCUT2D eigenvalue weighted by Gasteiger charge is 2.52. The van der Waals surface area contributed by atoms with Gasteiger partial charge >= 0.3 is 6.09 Å². The lowest BCUT2D eigenvalue weighted by molar-refractivity contribution is 0.0931. The zero-order chi connectivity index (χ0) is 18.9. The monoisotopic (exact) mass is 383 g/mol. The van der Waals surface area contributed by atoms with Crippen molar-refractivity contribution in [3.63, 3.8) is 0 Å². The topological polar surface area (TPSA) is 81.7 Å². The van der Waals surface area contributed by atoms with Gasteiger partial charge in [0.15, 0.2) is 0 Å². The Morgan fingerprint density at radius 3 is 2.44 bits per heavy atom. The number of rotatable bonds is 3. The first-order valence-electron chi connectivity index (χ1n) is 8.87. The molecule has 2 aliphatic heterocycles. The van der Waals surface area contributed by atoms with Gasteiger partial charge in [0.05, 0.1) is 5.54 Å². The van der Waals surface area contributed by atoms with E-state index in [1.54, 1.807) is 23.9 Å². The van der Waals surface area contributed by atoms with Gasteiger partial charge in [0, 0.05) is 30.3 Å². The molecule has 6 nitrogen and oxygen atoms in total. The molecule has 3 N–H and O–H groups in total. The van der Waals surface area contributed by atoms with Crippen molar-refractivity contribution >= 4 is 23.8 Å². The van der Waals surface area contributed by atoms with Crippen molar-refractivity contribution < 1.29 is 14.7 Å². The van der Waals surface area contributed by atoms with Crippen LogP contribution in [0.25, 0.3) is 0 Å². The Bertz CT molecular complexity index is 833. The minimum atomic E-state index is -0.906. The van der Waals surface area contributed by atoms with Crippen LogP contribution in [0.5, 0.6) is 0 Å². The van der Waals surface area contributed by atoms with Gasteiger partial charge in [-0.25, -0.2) is 4.79 Å². The van der Waals surface area contributed by atoms with Gasteiger partial charge in [-0.1, -0.05) is 48.5 Å². The van der Waals surface area contributed by atoms with E-state index in [2.05, 4.69) is 10.6 Å². The van der Waals surface area contributed by atoms with E-state index in [9.17, 15) is 14.7 Å². The molecule has 0 bridgehead atoms. The average molecular weight is 383 g/mol. The second-order valence-electron chi connectivity index (χ2n) is 6.89. The van der Waals surface area contributed by atoms with E-state index in [0.717, 1.165) is 11.3 Å². The van der Waals surface area contributed by atoms with Gasteiger partial charge in [0.25, 0.3) is 5.91 Å². The Morgan fingerprint density at radius 2 is 1.78 bits per heavy atom. The van der Waals surface area contributed by atoms with Crippen molar-refractivity contribution in [3.05, 3.63) is 71.8 Å². The van der Waals surface area contributed by atoms with E-state index in [-0.39, 0.29) is 17.3 Å². The Hall–Kier alpha value is -2.51. The molecule has 4 rings (SSSR count). The first-order valence-corrected chi connectivity index (χ1v) is 9.92. The third-order valence-corrected chi connectivity index (χ3v) is 6.45. The molecule has 7 heteroatoms. The second kappa shape index (κ2) is 7.25. The number of hydrogen-bond donors (Lipinski definition) is 3. The standard InChI is InChI=1S/C20H21N3O3S/c24-17(14-7-3-1-4-8-14)21-18-22-20(15-9-5-2-6-10-15)13-23(19(25)26)11-16(20)12-27-18/h1-10,16,18,22H,11-13H2,(H,21,24)(H,25,26)/t16-,18?,20+/m0/s1. The molecule has 2 aromatic carbocycles. The van der Waals surface area contributed by atoms with Crippen molar-refractivity contribution in [3.8, 4) is 0 Å². The maximum absolute atomic E-state index is 12.5. The highest BCUT2D eigenvalue weighted by molar-refractivity contribution is 7.99. The zero-order valence-electron chi connectivity index (χ0n) is 14.7. The Balaban J connectivity index is 1.59. The van der Waals surface area contributed by atoms with E-state index >= 15 is 0 Å². The lowest BCUT2D eigenvalue weighted by atomic mass is 9.81. The minimum Gasteiger partial charge on any atom is -0.465 e. The summed E-state index contributed by atoms with van der Waals surface area (Å²) in [5, 5.41) is 16.1. The van der Waals surface area contributed by atoms with Crippen LogP contribution in [0.2, 0.25) is 0 Å². The van der Waals surface area contributed by atoms with Gasteiger partial charge in [-0.3, -0.25) is 10.1 Å². The molecule has 2 aliphatic rings. The summed E-state index contributed by atoms with van der Waals surface area (Å²) in [6.45, 7) is 0.860. The van der Waals surface area contributed by atoms with Crippen LogP contribution in [0.3, 0.4) is 0 Å². The number of nitrogens with zero attached hydrogens (tertiary/aromatic N) is 1. The number of likely N-dealkylation sites (tertiary alicyclic amines) is 1. The molecule has 0 radical (unpaired) electrons. The Kier molecular flexibility index (Phi) is 4.80. The number of benzene rings is 2. The van der Waals surface area contributed by atoms with Crippen LogP contribution >= 0.6 is 11.8 Å². The van der Waals surface area contributed by atoms with Crippen LogP contribution in [-0.4, -0.2) is 46.3 Å². The van der Waals surface area contributed by atoms with Gasteiger partial charge < -0.3 is 15.3 Å². The summed E-state index contributed by atoms with van der Waals surface area (Å²) in [5.74, 6) is 0.770. The lowest BCUT2D eigenvalue weighted by Gasteiger charge is -2.43. The van der Waals surface area contributed by atoms with Crippen molar-refractivity contribution in [2.45, 2.75) is 11.0 Å². The number of nitrogens with one attached hydrogen (secondary N) is 2. The second-order valence-corrected chi connectivity index (χ2v) is 8.03. The summed E-state index contributed by atoms with van der Waals surface area (Å²) < 4.78 is 0. The van der Waals surface area contributed by atoms with Crippen molar-refractivity contribution in [1.29, 1.82) is 0 Å². The predicted molar refractivity (Wildman–Crippen MR) is 104 cm³/mol. The third-order valence-electron chi connectivity index (χ3n) is 5.29. The summed E-state index contributed by atoms with van der Waals surface area (Å²) in [7, 11) is 0. The number of carbonyl (C=O) groups is 2. The van der Waals surface area contributed by atoms with Crippen LogP contribution in [-0.2, 0) is 5.54 Å². The molecule has 2 aromatic rings. The molecular weight excluding hydrogens is 362 g/mol. The van der Waals surface area contributed by atoms with Crippen LogP contribution in [0.1, 0.15) is 15.9 Å². The fourth-order valence-corrected chi connectivity index (χ4v) is 5.22.